The number of aryl methyl sites for hydroxylation is 1. The molecule has 0 spiro atoms. The van der Waals surface area contributed by atoms with Crippen LogP contribution in [0.4, 0.5) is 16.3 Å². The molecule has 128 valence electrons. The molecule has 1 aromatic heterocycles. The summed E-state index contributed by atoms with van der Waals surface area (Å²) in [6.45, 7) is 3.51. The molecule has 0 fully saturated rings. The molecule has 2 aromatic rings. The number of rotatable bonds is 7. The minimum absolute atomic E-state index is 0.385. The van der Waals surface area contributed by atoms with Crippen LogP contribution >= 0.6 is 0 Å². The Morgan fingerprint density at radius 1 is 1.25 bits per heavy atom. The van der Waals surface area contributed by atoms with Crippen LogP contribution in [-0.2, 0) is 0 Å². The van der Waals surface area contributed by atoms with E-state index < -0.39 is 6.03 Å². The van der Waals surface area contributed by atoms with Crippen LogP contribution in [0, 0.1) is 6.92 Å². The van der Waals surface area contributed by atoms with E-state index in [9.17, 15) is 4.79 Å². The van der Waals surface area contributed by atoms with E-state index in [-0.39, 0.29) is 0 Å². The number of carbonyl (C=O) groups excluding carboxylic acids is 1. The van der Waals surface area contributed by atoms with Gasteiger partial charge in [0.05, 0.1) is 18.5 Å². The van der Waals surface area contributed by atoms with Crippen LogP contribution in [0.5, 0.6) is 5.75 Å². The van der Waals surface area contributed by atoms with Crippen LogP contribution in [0.1, 0.15) is 12.0 Å². The van der Waals surface area contributed by atoms with E-state index in [1.54, 1.807) is 6.20 Å². The summed E-state index contributed by atoms with van der Waals surface area (Å²) in [5.41, 5.74) is 1.68. The molecule has 7 nitrogen and oxygen atoms in total. The van der Waals surface area contributed by atoms with Crippen molar-refractivity contribution in [3.63, 3.8) is 0 Å². The lowest BCUT2D eigenvalue weighted by Gasteiger charge is -2.15. The SMILES string of the molecule is Cc1ccc(NC(=O)Nc2cnccn2)c(OCCCN(C)C)c1. The van der Waals surface area contributed by atoms with Crippen molar-refractivity contribution >= 4 is 17.5 Å². The average molecular weight is 329 g/mol. The van der Waals surface area contributed by atoms with E-state index in [2.05, 4.69) is 25.5 Å². The van der Waals surface area contributed by atoms with Gasteiger partial charge in [-0.2, -0.15) is 0 Å². The molecule has 7 heteroatoms. The summed E-state index contributed by atoms with van der Waals surface area (Å²) in [4.78, 5) is 22.1. The first kappa shape index (κ1) is 17.7. The maximum Gasteiger partial charge on any atom is 0.324 e. The highest BCUT2D eigenvalue weighted by molar-refractivity contribution is 6.00. The van der Waals surface area contributed by atoms with Gasteiger partial charge >= 0.3 is 6.03 Å². The second-order valence-electron chi connectivity index (χ2n) is 5.67. The maximum absolute atomic E-state index is 12.1. The molecule has 0 aliphatic carbocycles. The van der Waals surface area contributed by atoms with Gasteiger partial charge in [-0.25, -0.2) is 9.78 Å². The van der Waals surface area contributed by atoms with Crippen molar-refractivity contribution < 1.29 is 9.53 Å². The largest absolute Gasteiger partial charge is 0.491 e. The van der Waals surface area contributed by atoms with Crippen molar-refractivity contribution in [2.75, 3.05) is 37.9 Å². The molecular formula is C17H23N5O2. The summed E-state index contributed by atoms with van der Waals surface area (Å²) < 4.78 is 5.82. The normalized spacial score (nSPS) is 10.5. The van der Waals surface area contributed by atoms with Crippen molar-refractivity contribution in [3.8, 4) is 5.75 Å². The number of amides is 2. The second kappa shape index (κ2) is 8.83. The van der Waals surface area contributed by atoms with Crippen molar-refractivity contribution in [2.24, 2.45) is 0 Å². The quantitative estimate of drug-likeness (QED) is 0.764. The van der Waals surface area contributed by atoms with E-state index in [0.29, 0.717) is 23.9 Å². The summed E-state index contributed by atoms with van der Waals surface area (Å²) in [6, 6.07) is 5.27. The van der Waals surface area contributed by atoms with Gasteiger partial charge in [-0.15, -0.1) is 0 Å². The standard InChI is InChI=1S/C17H23N5O2/c1-13-5-6-14(15(11-13)24-10-4-9-22(2)3)20-17(23)21-16-12-18-7-8-19-16/h5-8,11-12H,4,9-10H2,1-3H3,(H2,19,20,21,23). The smallest absolute Gasteiger partial charge is 0.324 e. The van der Waals surface area contributed by atoms with Gasteiger partial charge in [0.1, 0.15) is 5.75 Å². The number of hydrogen-bond donors (Lipinski definition) is 2. The van der Waals surface area contributed by atoms with Gasteiger partial charge in [0, 0.05) is 18.9 Å². The van der Waals surface area contributed by atoms with Crippen LogP contribution < -0.4 is 15.4 Å². The molecule has 0 unspecified atom stereocenters. The molecular weight excluding hydrogens is 306 g/mol. The van der Waals surface area contributed by atoms with Gasteiger partial charge in [-0.05, 0) is 45.1 Å². The second-order valence-corrected chi connectivity index (χ2v) is 5.67. The van der Waals surface area contributed by atoms with Crippen molar-refractivity contribution in [1.29, 1.82) is 0 Å². The topological polar surface area (TPSA) is 79.4 Å². The lowest BCUT2D eigenvalue weighted by atomic mass is 10.2. The minimum atomic E-state index is -0.391. The molecule has 0 aliphatic rings. The monoisotopic (exact) mass is 329 g/mol. The maximum atomic E-state index is 12.1. The summed E-state index contributed by atoms with van der Waals surface area (Å²) in [5.74, 6) is 1.04. The number of benzene rings is 1. The molecule has 0 aliphatic heterocycles. The Labute approximate surface area is 142 Å². The van der Waals surface area contributed by atoms with Gasteiger partial charge < -0.3 is 15.0 Å². The number of hydrogen-bond acceptors (Lipinski definition) is 5. The molecule has 0 saturated carbocycles. The Bertz CT molecular complexity index is 661. The fraction of sp³-hybridized carbons (Fsp3) is 0.353. The third-order valence-corrected chi connectivity index (χ3v) is 3.20. The van der Waals surface area contributed by atoms with Crippen molar-refractivity contribution in [1.82, 2.24) is 14.9 Å². The van der Waals surface area contributed by atoms with Gasteiger partial charge in [0.25, 0.3) is 0 Å². The summed E-state index contributed by atoms with van der Waals surface area (Å²) in [7, 11) is 4.05. The molecule has 0 atom stereocenters. The average Bonchev–Trinajstić information content (AvgIpc) is 2.54. The van der Waals surface area contributed by atoms with Crippen molar-refractivity contribution in [2.45, 2.75) is 13.3 Å². The lowest BCUT2D eigenvalue weighted by molar-refractivity contribution is 0.261. The van der Waals surface area contributed by atoms with Crippen LogP contribution in [0.15, 0.2) is 36.8 Å². The molecule has 0 bridgehead atoms. The van der Waals surface area contributed by atoms with E-state index in [1.807, 2.05) is 39.2 Å². The van der Waals surface area contributed by atoms with Gasteiger partial charge in [0.2, 0.25) is 0 Å². The zero-order valence-electron chi connectivity index (χ0n) is 14.2. The predicted octanol–water partition coefficient (Wildman–Crippen LogP) is 2.76. The van der Waals surface area contributed by atoms with E-state index >= 15 is 0 Å². The van der Waals surface area contributed by atoms with E-state index in [0.717, 1.165) is 18.5 Å². The van der Waals surface area contributed by atoms with Crippen molar-refractivity contribution in [3.05, 3.63) is 42.4 Å². The Hall–Kier alpha value is -2.67. The Kier molecular flexibility index (Phi) is 6.51. The first-order valence-electron chi connectivity index (χ1n) is 7.77. The number of carbonyl (C=O) groups is 1. The Balaban J connectivity index is 1.97. The zero-order chi connectivity index (χ0) is 17.4. The number of ether oxygens (including phenoxy) is 1. The number of urea groups is 1. The van der Waals surface area contributed by atoms with Gasteiger partial charge in [-0.3, -0.25) is 10.3 Å². The van der Waals surface area contributed by atoms with E-state index in [4.69, 9.17) is 4.74 Å². The van der Waals surface area contributed by atoms with Crippen LogP contribution in [-0.4, -0.2) is 48.1 Å². The third kappa shape index (κ3) is 5.85. The number of anilines is 2. The summed E-state index contributed by atoms with van der Waals surface area (Å²) >= 11 is 0. The molecule has 1 aromatic carbocycles. The number of aromatic nitrogens is 2. The van der Waals surface area contributed by atoms with Crippen LogP contribution in [0.25, 0.3) is 0 Å². The molecule has 2 N–H and O–H groups in total. The highest BCUT2D eigenvalue weighted by atomic mass is 16.5. The first-order chi connectivity index (χ1) is 11.5. The first-order valence-corrected chi connectivity index (χ1v) is 7.77. The van der Waals surface area contributed by atoms with Crippen LogP contribution in [0.3, 0.4) is 0 Å². The van der Waals surface area contributed by atoms with Crippen LogP contribution in [0.2, 0.25) is 0 Å². The van der Waals surface area contributed by atoms with Gasteiger partial charge in [0.15, 0.2) is 5.82 Å². The molecule has 1 heterocycles. The molecule has 24 heavy (non-hydrogen) atoms. The highest BCUT2D eigenvalue weighted by Gasteiger charge is 2.09. The predicted molar refractivity (Wildman–Crippen MR) is 94.5 cm³/mol. The Morgan fingerprint density at radius 3 is 2.79 bits per heavy atom. The molecule has 2 rings (SSSR count). The lowest BCUT2D eigenvalue weighted by Crippen LogP contribution is -2.21. The molecule has 2 amide bonds. The summed E-state index contributed by atoms with van der Waals surface area (Å²) in [6.07, 6.45) is 5.45. The minimum Gasteiger partial charge on any atom is -0.491 e. The molecule has 0 saturated heterocycles. The van der Waals surface area contributed by atoms with E-state index in [1.165, 1.54) is 12.4 Å². The zero-order valence-corrected chi connectivity index (χ0v) is 14.2. The Morgan fingerprint density at radius 2 is 2.08 bits per heavy atom. The number of nitrogens with one attached hydrogen (secondary N) is 2. The molecule has 0 radical (unpaired) electrons. The highest BCUT2D eigenvalue weighted by Crippen LogP contribution is 2.26. The fourth-order valence-corrected chi connectivity index (χ4v) is 2.05. The number of nitrogens with zero attached hydrogens (tertiary/aromatic N) is 3. The fourth-order valence-electron chi connectivity index (χ4n) is 2.05. The third-order valence-electron chi connectivity index (χ3n) is 3.20. The summed E-state index contributed by atoms with van der Waals surface area (Å²) in [5, 5.41) is 5.41. The van der Waals surface area contributed by atoms with Gasteiger partial charge in [-0.1, -0.05) is 6.07 Å².